The molecule has 5 rings (SSSR count). The Morgan fingerprint density at radius 2 is 1.69 bits per heavy atom. The van der Waals surface area contributed by atoms with Gasteiger partial charge in [-0.1, -0.05) is 74.5 Å². The molecule has 36 heavy (non-hydrogen) atoms. The van der Waals surface area contributed by atoms with Crippen LogP contribution >= 0.6 is 0 Å². The maximum absolute atomic E-state index is 14.0. The first kappa shape index (κ1) is 24.1. The average Bonchev–Trinajstić information content (AvgIpc) is 3.24. The second kappa shape index (κ2) is 10.5. The second-order valence-electron chi connectivity index (χ2n) is 10.1. The summed E-state index contributed by atoms with van der Waals surface area (Å²) in [7, 11) is 0. The van der Waals surface area contributed by atoms with Gasteiger partial charge < -0.3 is 16.0 Å². The molecule has 1 fully saturated rings. The number of hydrogen-bond acceptors (Lipinski definition) is 6. The van der Waals surface area contributed by atoms with Gasteiger partial charge in [-0.3, -0.25) is 13.9 Å². The lowest BCUT2D eigenvalue weighted by Gasteiger charge is -2.31. The summed E-state index contributed by atoms with van der Waals surface area (Å²) >= 11 is 0. The highest BCUT2D eigenvalue weighted by atomic mass is 16.1. The minimum atomic E-state index is -0.0692. The average molecular weight is 486 g/mol. The standard InChI is InChI=1S/C28H35N7O/c1-20(2)17-35-26(36)24-25(31-27(35)30-16-21-10-5-3-6-11-21)32-28(33-15-9-14-23(29)19-33)34(24)18-22-12-7-4-8-13-22/h3-8,10-13,20,23H,9,14-19,29H2,1-2H3,(H,30,31). The quantitative estimate of drug-likeness (QED) is 0.394. The van der Waals surface area contributed by atoms with E-state index in [0.717, 1.165) is 43.0 Å². The van der Waals surface area contributed by atoms with E-state index in [9.17, 15) is 4.79 Å². The van der Waals surface area contributed by atoms with Crippen molar-refractivity contribution >= 4 is 23.1 Å². The number of benzene rings is 2. The summed E-state index contributed by atoms with van der Waals surface area (Å²) in [6.45, 7) is 7.50. The summed E-state index contributed by atoms with van der Waals surface area (Å²) in [5.41, 5.74) is 9.50. The number of anilines is 2. The van der Waals surface area contributed by atoms with Crippen LogP contribution < -0.4 is 21.5 Å². The molecule has 1 unspecified atom stereocenters. The maximum Gasteiger partial charge on any atom is 0.281 e. The van der Waals surface area contributed by atoms with Crippen LogP contribution in [0.15, 0.2) is 65.5 Å². The summed E-state index contributed by atoms with van der Waals surface area (Å²) in [5.74, 6) is 1.60. The van der Waals surface area contributed by atoms with Gasteiger partial charge in [0.2, 0.25) is 11.9 Å². The molecule has 0 aliphatic carbocycles. The van der Waals surface area contributed by atoms with Crippen LogP contribution in [0.2, 0.25) is 0 Å². The molecule has 3 heterocycles. The number of nitrogens with two attached hydrogens (primary N) is 1. The van der Waals surface area contributed by atoms with Gasteiger partial charge in [-0.15, -0.1) is 0 Å². The van der Waals surface area contributed by atoms with E-state index in [2.05, 4.69) is 48.3 Å². The first-order chi connectivity index (χ1) is 17.5. The molecule has 2 aromatic heterocycles. The molecule has 2 aromatic carbocycles. The number of imidazole rings is 1. The van der Waals surface area contributed by atoms with Crippen molar-refractivity contribution < 1.29 is 0 Å². The molecule has 188 valence electrons. The predicted octanol–water partition coefficient (Wildman–Crippen LogP) is 3.84. The summed E-state index contributed by atoms with van der Waals surface area (Å²) in [4.78, 5) is 26.1. The zero-order chi connectivity index (χ0) is 25.1. The van der Waals surface area contributed by atoms with E-state index in [4.69, 9.17) is 15.7 Å². The molecule has 1 saturated heterocycles. The molecule has 0 spiro atoms. The highest BCUT2D eigenvalue weighted by Crippen LogP contribution is 2.25. The van der Waals surface area contributed by atoms with E-state index >= 15 is 0 Å². The van der Waals surface area contributed by atoms with Crippen LogP contribution in [-0.2, 0) is 19.6 Å². The van der Waals surface area contributed by atoms with E-state index < -0.39 is 0 Å². The molecule has 8 nitrogen and oxygen atoms in total. The fourth-order valence-corrected chi connectivity index (χ4v) is 4.90. The van der Waals surface area contributed by atoms with Crippen LogP contribution in [-0.4, -0.2) is 38.2 Å². The van der Waals surface area contributed by atoms with Crippen LogP contribution in [0, 0.1) is 5.92 Å². The van der Waals surface area contributed by atoms with Crippen molar-refractivity contribution in [2.24, 2.45) is 11.7 Å². The van der Waals surface area contributed by atoms with Crippen molar-refractivity contribution in [3.63, 3.8) is 0 Å². The van der Waals surface area contributed by atoms with Crippen molar-refractivity contribution in [2.45, 2.75) is 52.4 Å². The van der Waals surface area contributed by atoms with Gasteiger partial charge in [-0.25, -0.2) is 0 Å². The highest BCUT2D eigenvalue weighted by molar-refractivity contribution is 5.76. The Morgan fingerprint density at radius 3 is 2.36 bits per heavy atom. The Kier molecular flexibility index (Phi) is 7.04. The normalized spacial score (nSPS) is 16.1. The maximum atomic E-state index is 14.0. The molecule has 0 amide bonds. The predicted molar refractivity (Wildman–Crippen MR) is 145 cm³/mol. The lowest BCUT2D eigenvalue weighted by Crippen LogP contribution is -2.44. The Hall–Kier alpha value is -3.65. The van der Waals surface area contributed by atoms with E-state index in [0.29, 0.717) is 36.7 Å². The number of fused-ring (bicyclic) bond motifs is 1. The van der Waals surface area contributed by atoms with Crippen LogP contribution in [0.4, 0.5) is 11.9 Å². The van der Waals surface area contributed by atoms with Gasteiger partial charge in [0, 0.05) is 32.2 Å². The molecular formula is C28H35N7O. The second-order valence-corrected chi connectivity index (χ2v) is 10.1. The van der Waals surface area contributed by atoms with Gasteiger partial charge in [0.15, 0.2) is 11.2 Å². The molecule has 1 aliphatic rings. The fourth-order valence-electron chi connectivity index (χ4n) is 4.90. The molecule has 0 bridgehead atoms. The third-order valence-electron chi connectivity index (χ3n) is 6.61. The minimum absolute atomic E-state index is 0.0692. The molecule has 1 aliphatic heterocycles. The molecule has 4 aromatic rings. The zero-order valence-electron chi connectivity index (χ0n) is 21.1. The van der Waals surface area contributed by atoms with E-state index in [1.54, 1.807) is 4.57 Å². The van der Waals surface area contributed by atoms with Crippen molar-refractivity contribution in [3.05, 3.63) is 82.1 Å². The first-order valence-electron chi connectivity index (χ1n) is 12.8. The van der Waals surface area contributed by atoms with Gasteiger partial charge in [-0.05, 0) is 29.9 Å². The fraction of sp³-hybridized carbons (Fsp3) is 0.393. The van der Waals surface area contributed by atoms with Crippen LogP contribution in [0.3, 0.4) is 0 Å². The van der Waals surface area contributed by atoms with E-state index in [1.807, 2.05) is 41.0 Å². The lowest BCUT2D eigenvalue weighted by molar-refractivity contribution is 0.495. The number of rotatable bonds is 8. The van der Waals surface area contributed by atoms with Crippen molar-refractivity contribution in [1.82, 2.24) is 19.1 Å². The van der Waals surface area contributed by atoms with Gasteiger partial charge in [0.25, 0.3) is 5.56 Å². The Balaban J connectivity index is 1.63. The van der Waals surface area contributed by atoms with E-state index in [-0.39, 0.29) is 17.5 Å². The minimum Gasteiger partial charge on any atom is -0.351 e. The lowest BCUT2D eigenvalue weighted by atomic mass is 10.1. The smallest absolute Gasteiger partial charge is 0.281 e. The Labute approximate surface area is 211 Å². The van der Waals surface area contributed by atoms with Crippen molar-refractivity contribution in [3.8, 4) is 0 Å². The molecule has 3 N–H and O–H groups in total. The molecule has 1 atom stereocenters. The molecular weight excluding hydrogens is 450 g/mol. The van der Waals surface area contributed by atoms with Crippen LogP contribution in [0.25, 0.3) is 11.2 Å². The number of nitrogens with one attached hydrogen (secondary N) is 1. The highest BCUT2D eigenvalue weighted by Gasteiger charge is 2.26. The number of hydrogen-bond donors (Lipinski definition) is 2. The third kappa shape index (κ3) is 5.14. The van der Waals surface area contributed by atoms with E-state index in [1.165, 1.54) is 0 Å². The first-order valence-corrected chi connectivity index (χ1v) is 12.8. The topological polar surface area (TPSA) is 94.0 Å². The number of piperidine rings is 1. The number of aromatic nitrogens is 4. The van der Waals surface area contributed by atoms with Crippen molar-refractivity contribution in [2.75, 3.05) is 23.3 Å². The summed E-state index contributed by atoms with van der Waals surface area (Å²) in [5, 5.41) is 3.40. The number of nitrogens with zero attached hydrogens (tertiary/aromatic N) is 5. The SMILES string of the molecule is CC(C)Cn1c(NCc2ccccc2)nc2nc(N3CCCC(N)C3)n(Cc3ccccc3)c2c1=O. The van der Waals surface area contributed by atoms with Gasteiger partial charge in [0.05, 0.1) is 6.54 Å². The molecule has 0 saturated carbocycles. The van der Waals surface area contributed by atoms with Gasteiger partial charge >= 0.3 is 0 Å². The van der Waals surface area contributed by atoms with Gasteiger partial charge in [0.1, 0.15) is 0 Å². The summed E-state index contributed by atoms with van der Waals surface area (Å²) in [6.07, 6.45) is 2.01. The monoisotopic (exact) mass is 485 g/mol. The third-order valence-corrected chi connectivity index (χ3v) is 6.61. The summed E-state index contributed by atoms with van der Waals surface area (Å²) in [6, 6.07) is 20.4. The molecule has 0 radical (unpaired) electrons. The zero-order valence-corrected chi connectivity index (χ0v) is 21.1. The van der Waals surface area contributed by atoms with Crippen LogP contribution in [0.1, 0.15) is 37.8 Å². The largest absolute Gasteiger partial charge is 0.351 e. The Morgan fingerprint density at radius 1 is 1.00 bits per heavy atom. The van der Waals surface area contributed by atoms with Crippen molar-refractivity contribution in [1.29, 1.82) is 0 Å². The van der Waals surface area contributed by atoms with Gasteiger partial charge in [-0.2, -0.15) is 9.97 Å². The molecule has 8 heteroatoms. The van der Waals surface area contributed by atoms with Crippen LogP contribution in [0.5, 0.6) is 0 Å². The summed E-state index contributed by atoms with van der Waals surface area (Å²) < 4.78 is 3.81. The Bertz CT molecular complexity index is 1360.